The van der Waals surface area contributed by atoms with Gasteiger partial charge in [0, 0.05) is 16.2 Å². The molecule has 1 atom stereocenters. The molecule has 1 amide bonds. The van der Waals surface area contributed by atoms with Crippen LogP contribution in [0.4, 0.5) is 0 Å². The second-order valence-electron chi connectivity index (χ2n) is 4.93. The van der Waals surface area contributed by atoms with Crippen LogP contribution in [0.1, 0.15) is 28.4 Å². The van der Waals surface area contributed by atoms with E-state index in [0.29, 0.717) is 11.3 Å². The van der Waals surface area contributed by atoms with Crippen LogP contribution in [0, 0.1) is 0 Å². The summed E-state index contributed by atoms with van der Waals surface area (Å²) in [6, 6.07) is 15.6. The number of hydrogen-bond donors (Lipinski definition) is 1. The fourth-order valence-electron chi connectivity index (χ4n) is 2.50. The van der Waals surface area contributed by atoms with Crippen molar-refractivity contribution >= 4 is 17.7 Å². The van der Waals surface area contributed by atoms with Crippen LogP contribution in [0.25, 0.3) is 0 Å². The van der Waals surface area contributed by atoms with E-state index >= 15 is 0 Å². The summed E-state index contributed by atoms with van der Waals surface area (Å²) < 4.78 is 5.17. The average molecular weight is 299 g/mol. The summed E-state index contributed by atoms with van der Waals surface area (Å²) in [5.41, 5.74) is 1.84. The van der Waals surface area contributed by atoms with Gasteiger partial charge in [0.15, 0.2) is 0 Å². The fourth-order valence-corrected chi connectivity index (χ4v) is 3.62. The number of methoxy groups -OCH3 is 1. The van der Waals surface area contributed by atoms with Crippen LogP contribution < -0.4 is 10.1 Å². The molecule has 108 valence electrons. The monoisotopic (exact) mass is 299 g/mol. The molecule has 0 fully saturated rings. The lowest BCUT2D eigenvalue weighted by Gasteiger charge is -2.25. The Hall–Kier alpha value is -1.94. The summed E-state index contributed by atoms with van der Waals surface area (Å²) in [5.74, 6) is 1.67. The number of carbonyl (C=O) groups is 1. The molecule has 1 heterocycles. The number of fused-ring (bicyclic) bond motifs is 1. The topological polar surface area (TPSA) is 38.3 Å². The minimum atomic E-state index is -0.0550. The lowest BCUT2D eigenvalue weighted by Crippen LogP contribution is -2.30. The SMILES string of the molecule is COc1cccc(C(=O)NC2CCSc3ccccc32)c1. The van der Waals surface area contributed by atoms with E-state index in [9.17, 15) is 4.79 Å². The van der Waals surface area contributed by atoms with Crippen LogP contribution in [-0.4, -0.2) is 18.8 Å². The molecule has 0 saturated heterocycles. The highest BCUT2D eigenvalue weighted by molar-refractivity contribution is 7.99. The number of benzene rings is 2. The molecule has 1 aliphatic heterocycles. The Kier molecular flexibility index (Phi) is 4.15. The molecule has 0 radical (unpaired) electrons. The van der Waals surface area contributed by atoms with Crippen LogP contribution in [-0.2, 0) is 0 Å². The maximum atomic E-state index is 12.4. The Balaban J connectivity index is 1.79. The molecule has 1 unspecified atom stereocenters. The van der Waals surface area contributed by atoms with Crippen molar-refractivity contribution in [2.24, 2.45) is 0 Å². The molecule has 0 bridgehead atoms. The molecule has 2 aromatic carbocycles. The second-order valence-corrected chi connectivity index (χ2v) is 6.07. The van der Waals surface area contributed by atoms with E-state index in [1.165, 1.54) is 10.5 Å². The van der Waals surface area contributed by atoms with Crippen LogP contribution in [0.3, 0.4) is 0 Å². The minimum absolute atomic E-state index is 0.0550. The molecule has 0 aliphatic carbocycles. The molecule has 21 heavy (non-hydrogen) atoms. The van der Waals surface area contributed by atoms with E-state index in [-0.39, 0.29) is 11.9 Å². The summed E-state index contributed by atoms with van der Waals surface area (Å²) >= 11 is 1.85. The number of ether oxygens (including phenoxy) is 1. The number of rotatable bonds is 3. The van der Waals surface area contributed by atoms with Gasteiger partial charge in [0.2, 0.25) is 0 Å². The van der Waals surface area contributed by atoms with Crippen molar-refractivity contribution < 1.29 is 9.53 Å². The van der Waals surface area contributed by atoms with Crippen molar-refractivity contribution in [3.05, 3.63) is 59.7 Å². The predicted molar refractivity (Wildman–Crippen MR) is 85.0 cm³/mol. The summed E-state index contributed by atoms with van der Waals surface area (Å²) in [6.07, 6.45) is 0.956. The van der Waals surface area contributed by atoms with Crippen LogP contribution in [0.5, 0.6) is 5.75 Å². The molecular weight excluding hydrogens is 282 g/mol. The molecule has 0 saturated carbocycles. The summed E-state index contributed by atoms with van der Waals surface area (Å²) in [6.45, 7) is 0. The van der Waals surface area contributed by atoms with Crippen molar-refractivity contribution in [1.82, 2.24) is 5.32 Å². The Labute approximate surface area is 128 Å². The van der Waals surface area contributed by atoms with E-state index < -0.39 is 0 Å². The Morgan fingerprint density at radius 2 is 2.10 bits per heavy atom. The fraction of sp³-hybridized carbons (Fsp3) is 0.235. The van der Waals surface area contributed by atoms with Gasteiger partial charge in [-0.3, -0.25) is 4.79 Å². The van der Waals surface area contributed by atoms with Gasteiger partial charge in [-0.05, 0) is 36.2 Å². The lowest BCUT2D eigenvalue weighted by atomic mass is 10.0. The van der Waals surface area contributed by atoms with E-state index in [2.05, 4.69) is 17.4 Å². The Morgan fingerprint density at radius 1 is 1.24 bits per heavy atom. The van der Waals surface area contributed by atoms with E-state index in [1.807, 2.05) is 36.0 Å². The van der Waals surface area contributed by atoms with Gasteiger partial charge in [-0.15, -0.1) is 11.8 Å². The predicted octanol–water partition coefficient (Wildman–Crippen LogP) is 3.66. The first kappa shape index (κ1) is 14.0. The number of nitrogens with one attached hydrogen (secondary N) is 1. The molecule has 0 spiro atoms. The molecule has 1 aliphatic rings. The van der Waals surface area contributed by atoms with Gasteiger partial charge in [0.25, 0.3) is 5.91 Å². The maximum absolute atomic E-state index is 12.4. The van der Waals surface area contributed by atoms with Gasteiger partial charge < -0.3 is 10.1 Å². The number of carbonyl (C=O) groups excluding carboxylic acids is 1. The molecular formula is C17H17NO2S. The number of hydrogen-bond acceptors (Lipinski definition) is 3. The highest BCUT2D eigenvalue weighted by Crippen LogP contribution is 2.35. The van der Waals surface area contributed by atoms with Gasteiger partial charge in [-0.2, -0.15) is 0 Å². The Bertz CT molecular complexity index is 657. The van der Waals surface area contributed by atoms with E-state index in [0.717, 1.165) is 12.2 Å². The summed E-state index contributed by atoms with van der Waals surface area (Å²) in [4.78, 5) is 13.7. The van der Waals surface area contributed by atoms with Crippen molar-refractivity contribution in [3.63, 3.8) is 0 Å². The molecule has 1 N–H and O–H groups in total. The van der Waals surface area contributed by atoms with Crippen molar-refractivity contribution in [1.29, 1.82) is 0 Å². The first-order chi connectivity index (χ1) is 10.3. The molecule has 3 nitrogen and oxygen atoms in total. The van der Waals surface area contributed by atoms with Crippen LogP contribution >= 0.6 is 11.8 Å². The lowest BCUT2D eigenvalue weighted by molar-refractivity contribution is 0.0934. The third kappa shape index (κ3) is 3.05. The van der Waals surface area contributed by atoms with Crippen LogP contribution in [0.15, 0.2) is 53.4 Å². The van der Waals surface area contributed by atoms with E-state index in [4.69, 9.17) is 4.74 Å². The quantitative estimate of drug-likeness (QED) is 0.940. The summed E-state index contributed by atoms with van der Waals surface area (Å²) in [7, 11) is 1.60. The molecule has 2 aromatic rings. The van der Waals surface area contributed by atoms with Gasteiger partial charge >= 0.3 is 0 Å². The van der Waals surface area contributed by atoms with E-state index in [1.54, 1.807) is 19.2 Å². The maximum Gasteiger partial charge on any atom is 0.251 e. The normalized spacial score (nSPS) is 16.9. The first-order valence-electron chi connectivity index (χ1n) is 6.94. The highest BCUT2D eigenvalue weighted by atomic mass is 32.2. The number of thioether (sulfide) groups is 1. The molecule has 0 aromatic heterocycles. The van der Waals surface area contributed by atoms with Gasteiger partial charge in [0.05, 0.1) is 13.2 Å². The minimum Gasteiger partial charge on any atom is -0.497 e. The smallest absolute Gasteiger partial charge is 0.251 e. The largest absolute Gasteiger partial charge is 0.497 e. The van der Waals surface area contributed by atoms with Gasteiger partial charge in [-0.1, -0.05) is 24.3 Å². The zero-order valence-corrected chi connectivity index (χ0v) is 12.7. The second kappa shape index (κ2) is 6.22. The zero-order chi connectivity index (χ0) is 14.7. The zero-order valence-electron chi connectivity index (χ0n) is 11.8. The van der Waals surface area contributed by atoms with Gasteiger partial charge in [0.1, 0.15) is 5.75 Å². The average Bonchev–Trinajstić information content (AvgIpc) is 2.55. The third-order valence-corrected chi connectivity index (χ3v) is 4.72. The van der Waals surface area contributed by atoms with Crippen molar-refractivity contribution in [3.8, 4) is 5.75 Å². The Morgan fingerprint density at radius 3 is 2.95 bits per heavy atom. The van der Waals surface area contributed by atoms with Crippen molar-refractivity contribution in [2.45, 2.75) is 17.4 Å². The highest BCUT2D eigenvalue weighted by Gasteiger charge is 2.22. The standard InChI is InChI=1S/C17H17NO2S/c1-20-13-6-4-5-12(11-13)17(19)18-15-9-10-21-16-8-3-2-7-14(15)16/h2-8,11,15H,9-10H2,1H3,(H,18,19). The summed E-state index contributed by atoms with van der Waals surface area (Å²) in [5, 5.41) is 3.13. The first-order valence-corrected chi connectivity index (χ1v) is 7.93. The van der Waals surface area contributed by atoms with Crippen LogP contribution in [0.2, 0.25) is 0 Å². The number of amides is 1. The third-order valence-electron chi connectivity index (χ3n) is 3.60. The van der Waals surface area contributed by atoms with Crippen molar-refractivity contribution in [2.75, 3.05) is 12.9 Å². The molecule has 4 heteroatoms. The molecule has 3 rings (SSSR count). The van der Waals surface area contributed by atoms with Gasteiger partial charge in [-0.25, -0.2) is 0 Å².